The first kappa shape index (κ1) is 16.7. The van der Waals surface area contributed by atoms with Crippen LogP contribution in [0.3, 0.4) is 0 Å². The molecule has 1 saturated carbocycles. The average molecular weight is 339 g/mol. The molecule has 0 atom stereocenters. The summed E-state index contributed by atoms with van der Waals surface area (Å²) >= 11 is 1.42. The molecule has 1 N–H and O–H groups in total. The van der Waals surface area contributed by atoms with Gasteiger partial charge >= 0.3 is 0 Å². The van der Waals surface area contributed by atoms with E-state index in [1.54, 1.807) is 0 Å². The minimum atomic E-state index is 0.0797. The number of amides is 1. The quantitative estimate of drug-likeness (QED) is 0.824. The SMILES string of the molecule is CC1CCC(NC(=O)CSc2nnnn2C2CCOCC2)CC1. The summed E-state index contributed by atoms with van der Waals surface area (Å²) in [5.41, 5.74) is 0. The summed E-state index contributed by atoms with van der Waals surface area (Å²) in [5.74, 6) is 1.24. The number of hydrogen-bond acceptors (Lipinski definition) is 6. The maximum absolute atomic E-state index is 12.1. The molecule has 1 saturated heterocycles. The minimum absolute atomic E-state index is 0.0797. The number of carbonyl (C=O) groups excluding carboxylic acids is 1. The summed E-state index contributed by atoms with van der Waals surface area (Å²) < 4.78 is 7.23. The Balaban J connectivity index is 1.46. The van der Waals surface area contributed by atoms with Crippen molar-refractivity contribution in [3.05, 3.63) is 0 Å². The van der Waals surface area contributed by atoms with Gasteiger partial charge in [0.2, 0.25) is 11.1 Å². The fraction of sp³-hybridized carbons (Fsp3) is 0.867. The monoisotopic (exact) mass is 339 g/mol. The molecule has 8 heteroatoms. The van der Waals surface area contributed by atoms with E-state index in [1.807, 2.05) is 4.68 Å². The fourth-order valence-corrected chi connectivity index (χ4v) is 4.00. The molecule has 1 aliphatic heterocycles. The maximum atomic E-state index is 12.1. The average Bonchev–Trinajstić information content (AvgIpc) is 3.04. The Labute approximate surface area is 140 Å². The van der Waals surface area contributed by atoms with Gasteiger partial charge in [-0.2, -0.15) is 0 Å². The first-order valence-corrected chi connectivity index (χ1v) is 9.48. The molecule has 128 valence electrons. The molecule has 2 heterocycles. The minimum Gasteiger partial charge on any atom is -0.381 e. The Morgan fingerprint density at radius 3 is 2.74 bits per heavy atom. The molecular weight excluding hydrogens is 314 g/mol. The number of nitrogens with one attached hydrogen (secondary N) is 1. The van der Waals surface area contributed by atoms with Gasteiger partial charge in [0.1, 0.15) is 0 Å². The van der Waals surface area contributed by atoms with Crippen molar-refractivity contribution in [3.63, 3.8) is 0 Å². The van der Waals surface area contributed by atoms with E-state index in [2.05, 4.69) is 27.8 Å². The lowest BCUT2D eigenvalue weighted by Crippen LogP contribution is -2.38. The van der Waals surface area contributed by atoms with Crippen LogP contribution in [0.2, 0.25) is 0 Å². The summed E-state index contributed by atoms with van der Waals surface area (Å²) in [5, 5.41) is 15.8. The van der Waals surface area contributed by atoms with Gasteiger partial charge in [-0.05, 0) is 54.9 Å². The van der Waals surface area contributed by atoms with Gasteiger partial charge in [-0.15, -0.1) is 5.10 Å². The van der Waals surface area contributed by atoms with Gasteiger partial charge in [-0.1, -0.05) is 18.7 Å². The third-order valence-corrected chi connectivity index (χ3v) is 5.65. The molecule has 1 amide bonds. The molecule has 0 bridgehead atoms. The third kappa shape index (κ3) is 4.67. The number of thioether (sulfide) groups is 1. The Morgan fingerprint density at radius 1 is 1.26 bits per heavy atom. The Morgan fingerprint density at radius 2 is 2.00 bits per heavy atom. The van der Waals surface area contributed by atoms with Crippen molar-refractivity contribution < 1.29 is 9.53 Å². The molecular formula is C15H25N5O2S. The van der Waals surface area contributed by atoms with Crippen molar-refractivity contribution in [2.45, 2.75) is 62.7 Å². The van der Waals surface area contributed by atoms with Crippen molar-refractivity contribution in [3.8, 4) is 0 Å². The van der Waals surface area contributed by atoms with Crippen LogP contribution in [0.15, 0.2) is 5.16 Å². The molecule has 0 aromatic carbocycles. The lowest BCUT2D eigenvalue weighted by molar-refractivity contribution is -0.119. The molecule has 1 aromatic rings. The Kier molecular flexibility index (Phi) is 5.88. The zero-order valence-electron chi connectivity index (χ0n) is 13.6. The molecule has 3 rings (SSSR count). The summed E-state index contributed by atoms with van der Waals surface area (Å²) in [6.45, 7) is 3.77. The standard InChI is InChI=1S/C15H25N5O2S/c1-11-2-4-12(5-3-11)16-14(21)10-23-15-17-18-19-20(15)13-6-8-22-9-7-13/h11-13H,2-10H2,1H3,(H,16,21). The van der Waals surface area contributed by atoms with E-state index in [9.17, 15) is 4.79 Å². The largest absolute Gasteiger partial charge is 0.381 e. The lowest BCUT2D eigenvalue weighted by Gasteiger charge is -2.26. The van der Waals surface area contributed by atoms with Crippen molar-refractivity contribution in [1.82, 2.24) is 25.5 Å². The molecule has 0 unspecified atom stereocenters. The first-order chi connectivity index (χ1) is 11.2. The van der Waals surface area contributed by atoms with Gasteiger partial charge < -0.3 is 10.1 Å². The van der Waals surface area contributed by atoms with Crippen LogP contribution in [-0.2, 0) is 9.53 Å². The van der Waals surface area contributed by atoms with Crippen LogP contribution in [0.1, 0.15) is 51.5 Å². The van der Waals surface area contributed by atoms with Crippen LogP contribution >= 0.6 is 11.8 Å². The molecule has 2 fully saturated rings. The zero-order chi connectivity index (χ0) is 16.1. The number of ether oxygens (including phenoxy) is 1. The van der Waals surface area contributed by atoms with Gasteiger partial charge in [0, 0.05) is 19.3 Å². The molecule has 23 heavy (non-hydrogen) atoms. The second-order valence-electron chi connectivity index (χ2n) is 6.56. The number of carbonyl (C=O) groups is 1. The molecule has 1 aromatic heterocycles. The Hall–Kier alpha value is -1.15. The highest BCUT2D eigenvalue weighted by molar-refractivity contribution is 7.99. The maximum Gasteiger partial charge on any atom is 0.230 e. The topological polar surface area (TPSA) is 81.9 Å². The summed E-state index contributed by atoms with van der Waals surface area (Å²) in [6.07, 6.45) is 6.45. The van der Waals surface area contributed by atoms with Gasteiger partial charge in [-0.25, -0.2) is 4.68 Å². The van der Waals surface area contributed by atoms with E-state index in [0.717, 1.165) is 50.0 Å². The van der Waals surface area contributed by atoms with Crippen molar-refractivity contribution in [2.75, 3.05) is 19.0 Å². The first-order valence-electron chi connectivity index (χ1n) is 8.50. The molecule has 2 aliphatic rings. The smallest absolute Gasteiger partial charge is 0.230 e. The number of hydrogen-bond donors (Lipinski definition) is 1. The number of rotatable bonds is 5. The predicted octanol–water partition coefficient (Wildman–Crippen LogP) is 1.81. The molecule has 0 spiro atoms. The zero-order valence-corrected chi connectivity index (χ0v) is 14.4. The third-order valence-electron chi connectivity index (χ3n) is 4.71. The van der Waals surface area contributed by atoms with Gasteiger partial charge in [0.25, 0.3) is 0 Å². The van der Waals surface area contributed by atoms with Crippen molar-refractivity contribution in [1.29, 1.82) is 0 Å². The normalized spacial score (nSPS) is 26.1. The van der Waals surface area contributed by atoms with Gasteiger partial charge in [0.05, 0.1) is 11.8 Å². The molecule has 7 nitrogen and oxygen atoms in total. The Bertz CT molecular complexity index is 510. The predicted molar refractivity (Wildman–Crippen MR) is 87.2 cm³/mol. The van der Waals surface area contributed by atoms with E-state index < -0.39 is 0 Å². The number of nitrogens with zero attached hydrogens (tertiary/aromatic N) is 4. The number of aromatic nitrogens is 4. The van der Waals surface area contributed by atoms with E-state index in [-0.39, 0.29) is 11.9 Å². The lowest BCUT2D eigenvalue weighted by atomic mass is 9.87. The highest BCUT2D eigenvalue weighted by atomic mass is 32.2. The van der Waals surface area contributed by atoms with Crippen LogP contribution in [0.25, 0.3) is 0 Å². The van der Waals surface area contributed by atoms with Crippen molar-refractivity contribution in [2.24, 2.45) is 5.92 Å². The second kappa shape index (κ2) is 8.10. The van der Waals surface area contributed by atoms with Crippen LogP contribution in [0.4, 0.5) is 0 Å². The van der Waals surface area contributed by atoms with E-state index in [1.165, 1.54) is 24.6 Å². The summed E-state index contributed by atoms with van der Waals surface area (Å²) in [6, 6.07) is 0.620. The van der Waals surface area contributed by atoms with Crippen molar-refractivity contribution >= 4 is 17.7 Å². The highest BCUT2D eigenvalue weighted by Crippen LogP contribution is 2.26. The van der Waals surface area contributed by atoms with Crippen LogP contribution < -0.4 is 5.32 Å². The summed E-state index contributed by atoms with van der Waals surface area (Å²) in [7, 11) is 0. The van der Waals surface area contributed by atoms with Crippen LogP contribution in [0.5, 0.6) is 0 Å². The van der Waals surface area contributed by atoms with Gasteiger partial charge in [-0.3, -0.25) is 4.79 Å². The van der Waals surface area contributed by atoms with E-state index >= 15 is 0 Å². The second-order valence-corrected chi connectivity index (χ2v) is 7.51. The van der Waals surface area contributed by atoms with E-state index in [4.69, 9.17) is 4.74 Å². The highest BCUT2D eigenvalue weighted by Gasteiger charge is 2.22. The number of tetrazole rings is 1. The van der Waals surface area contributed by atoms with Crippen LogP contribution in [-0.4, -0.2) is 51.1 Å². The fourth-order valence-electron chi connectivity index (χ4n) is 3.24. The summed E-state index contributed by atoms with van der Waals surface area (Å²) in [4.78, 5) is 12.1. The van der Waals surface area contributed by atoms with Gasteiger partial charge in [0.15, 0.2) is 0 Å². The van der Waals surface area contributed by atoms with Crippen LogP contribution in [0, 0.1) is 5.92 Å². The molecule has 1 aliphatic carbocycles. The molecule has 0 radical (unpaired) electrons. The van der Waals surface area contributed by atoms with E-state index in [0.29, 0.717) is 11.8 Å².